The van der Waals surface area contributed by atoms with Crippen molar-refractivity contribution in [3.63, 3.8) is 0 Å². The van der Waals surface area contributed by atoms with E-state index in [-0.39, 0.29) is 18.3 Å². The third kappa shape index (κ3) is 4.04. The van der Waals surface area contributed by atoms with Crippen molar-refractivity contribution in [2.75, 3.05) is 6.61 Å². The molecular formula is C14H13N3O5S. The topological polar surface area (TPSA) is 114 Å². The van der Waals surface area contributed by atoms with Gasteiger partial charge in [-0.25, -0.2) is 5.43 Å². The highest BCUT2D eigenvalue weighted by atomic mass is 32.1. The fraction of sp³-hybridized carbons (Fsp3) is 0.143. The molecule has 0 aliphatic rings. The number of hydrogen-bond acceptors (Lipinski definition) is 7. The molecule has 0 aliphatic heterocycles. The van der Waals surface area contributed by atoms with E-state index in [0.29, 0.717) is 10.4 Å². The molecule has 1 heterocycles. The number of nitro groups is 1. The van der Waals surface area contributed by atoms with Crippen LogP contribution in [0.4, 0.5) is 5.69 Å². The first-order valence-electron chi connectivity index (χ1n) is 6.54. The molecule has 2 rings (SSSR count). The largest absolute Gasteiger partial charge is 0.500 e. The van der Waals surface area contributed by atoms with Gasteiger partial charge in [-0.3, -0.25) is 14.9 Å². The van der Waals surface area contributed by atoms with Crippen molar-refractivity contribution in [2.24, 2.45) is 5.10 Å². The third-order valence-corrected chi connectivity index (χ3v) is 3.57. The molecule has 0 saturated carbocycles. The third-order valence-electron chi connectivity index (χ3n) is 2.70. The maximum absolute atomic E-state index is 11.7. The van der Waals surface area contributed by atoms with Gasteiger partial charge in [0, 0.05) is 11.6 Å². The van der Waals surface area contributed by atoms with Gasteiger partial charge in [0.2, 0.25) is 5.75 Å². The Hall–Kier alpha value is -2.94. The van der Waals surface area contributed by atoms with Gasteiger partial charge in [0.25, 0.3) is 5.91 Å². The van der Waals surface area contributed by atoms with Crippen LogP contribution < -0.4 is 10.2 Å². The quantitative estimate of drug-likeness (QED) is 0.478. The highest BCUT2D eigenvalue weighted by Crippen LogP contribution is 2.36. The van der Waals surface area contributed by atoms with E-state index in [9.17, 15) is 20.0 Å². The molecule has 0 saturated heterocycles. The lowest BCUT2D eigenvalue weighted by Crippen LogP contribution is -2.16. The van der Waals surface area contributed by atoms with E-state index in [4.69, 9.17) is 4.74 Å². The lowest BCUT2D eigenvalue weighted by Gasteiger charge is -2.07. The number of hydrogen-bond donors (Lipinski definition) is 2. The van der Waals surface area contributed by atoms with Crippen LogP contribution in [0.1, 0.15) is 22.2 Å². The number of aromatic hydroxyl groups is 1. The highest BCUT2D eigenvalue weighted by molar-refractivity contribution is 7.12. The van der Waals surface area contributed by atoms with Crippen LogP contribution in [0, 0.1) is 10.1 Å². The minimum absolute atomic E-state index is 0.0206. The van der Waals surface area contributed by atoms with Crippen molar-refractivity contribution in [1.29, 1.82) is 0 Å². The Morgan fingerprint density at radius 1 is 1.57 bits per heavy atom. The van der Waals surface area contributed by atoms with Crippen molar-refractivity contribution < 1.29 is 19.6 Å². The lowest BCUT2D eigenvalue weighted by atomic mass is 10.2. The summed E-state index contributed by atoms with van der Waals surface area (Å²) in [6.07, 6.45) is 1.24. The summed E-state index contributed by atoms with van der Waals surface area (Å²) in [5.74, 6) is -0.945. The van der Waals surface area contributed by atoms with Crippen LogP contribution >= 0.6 is 11.3 Å². The molecule has 9 heteroatoms. The van der Waals surface area contributed by atoms with Gasteiger partial charge in [-0.2, -0.15) is 5.10 Å². The molecule has 2 N–H and O–H groups in total. The number of benzene rings is 1. The summed E-state index contributed by atoms with van der Waals surface area (Å²) in [7, 11) is 0. The average molecular weight is 335 g/mol. The molecule has 1 aromatic heterocycles. The molecule has 2 aromatic rings. The van der Waals surface area contributed by atoms with Crippen molar-refractivity contribution in [1.82, 2.24) is 5.43 Å². The van der Waals surface area contributed by atoms with Crippen molar-refractivity contribution in [3.8, 4) is 11.5 Å². The molecule has 1 amide bonds. The van der Waals surface area contributed by atoms with Crippen molar-refractivity contribution in [2.45, 2.75) is 6.92 Å². The number of amides is 1. The van der Waals surface area contributed by atoms with E-state index < -0.39 is 16.4 Å². The second-order valence-corrected chi connectivity index (χ2v) is 5.20. The van der Waals surface area contributed by atoms with Crippen LogP contribution in [0.5, 0.6) is 11.5 Å². The molecule has 0 radical (unpaired) electrons. The Balaban J connectivity index is 2.20. The van der Waals surface area contributed by atoms with Crippen LogP contribution in [0.25, 0.3) is 0 Å². The summed E-state index contributed by atoms with van der Waals surface area (Å²) in [4.78, 5) is 22.4. The number of phenols is 1. The Kier molecular flexibility index (Phi) is 5.26. The predicted molar refractivity (Wildman–Crippen MR) is 85.3 cm³/mol. The maximum atomic E-state index is 11.7. The second kappa shape index (κ2) is 7.36. The number of nitrogens with zero attached hydrogens (tertiary/aromatic N) is 2. The van der Waals surface area contributed by atoms with E-state index in [2.05, 4.69) is 10.5 Å². The first-order valence-corrected chi connectivity index (χ1v) is 7.42. The molecule has 0 atom stereocenters. The van der Waals surface area contributed by atoms with E-state index in [1.165, 1.54) is 23.6 Å². The van der Waals surface area contributed by atoms with E-state index in [1.807, 2.05) is 0 Å². The molecule has 8 nitrogen and oxygen atoms in total. The Bertz CT molecular complexity index is 743. The number of rotatable bonds is 6. The molecule has 120 valence electrons. The van der Waals surface area contributed by atoms with Gasteiger partial charge in [0.1, 0.15) is 0 Å². The van der Waals surface area contributed by atoms with E-state index in [1.54, 1.807) is 24.4 Å². The van der Waals surface area contributed by atoms with E-state index >= 15 is 0 Å². The number of thiophene rings is 1. The summed E-state index contributed by atoms with van der Waals surface area (Å²) in [6.45, 7) is 1.92. The fourth-order valence-corrected chi connectivity index (χ4v) is 2.33. The van der Waals surface area contributed by atoms with Crippen LogP contribution in [0.15, 0.2) is 34.7 Å². The summed E-state index contributed by atoms with van der Waals surface area (Å²) in [6, 6.07) is 5.92. The minimum Gasteiger partial charge on any atom is -0.500 e. The van der Waals surface area contributed by atoms with Gasteiger partial charge in [0.05, 0.1) is 22.6 Å². The minimum atomic E-state index is -0.723. The number of phenolic OH excluding ortho intramolecular Hbond substituents is 1. The number of carbonyl (C=O) groups is 1. The first kappa shape index (κ1) is 16.4. The van der Waals surface area contributed by atoms with Crippen LogP contribution in [0.3, 0.4) is 0 Å². The molecule has 0 aliphatic carbocycles. The Labute approximate surface area is 135 Å². The van der Waals surface area contributed by atoms with Gasteiger partial charge in [-0.05, 0) is 24.4 Å². The molecule has 0 unspecified atom stereocenters. The SMILES string of the molecule is CCOc1cc(/C=N\NC(=O)c2cccs2)cc([N+](=O)[O-])c1O. The molecular weight excluding hydrogens is 322 g/mol. The molecule has 0 spiro atoms. The summed E-state index contributed by atoms with van der Waals surface area (Å²) in [5.41, 5.74) is 2.13. The molecule has 0 bridgehead atoms. The lowest BCUT2D eigenvalue weighted by molar-refractivity contribution is -0.386. The van der Waals surface area contributed by atoms with Gasteiger partial charge in [-0.1, -0.05) is 6.07 Å². The standard InChI is InChI=1S/C14H13N3O5S/c1-2-22-11-7-9(6-10(13(11)18)17(20)21)8-15-16-14(19)12-4-3-5-23-12/h3-8,18H,2H2,1H3,(H,16,19)/b15-8-. The van der Waals surface area contributed by atoms with Gasteiger partial charge >= 0.3 is 5.69 Å². The zero-order valence-electron chi connectivity index (χ0n) is 12.1. The molecule has 1 aromatic carbocycles. The monoisotopic (exact) mass is 335 g/mol. The molecule has 0 fully saturated rings. The van der Waals surface area contributed by atoms with Crippen molar-refractivity contribution in [3.05, 3.63) is 50.2 Å². The number of nitrogens with one attached hydrogen (secondary N) is 1. The normalized spacial score (nSPS) is 10.7. The summed E-state index contributed by atoms with van der Waals surface area (Å²) >= 11 is 1.27. The van der Waals surface area contributed by atoms with Crippen LogP contribution in [-0.4, -0.2) is 28.8 Å². The second-order valence-electron chi connectivity index (χ2n) is 4.25. The highest BCUT2D eigenvalue weighted by Gasteiger charge is 2.19. The number of nitro benzene ring substituents is 1. The van der Waals surface area contributed by atoms with Gasteiger partial charge in [0.15, 0.2) is 5.75 Å². The van der Waals surface area contributed by atoms with E-state index in [0.717, 1.165) is 6.07 Å². The van der Waals surface area contributed by atoms with Gasteiger partial charge in [-0.15, -0.1) is 11.3 Å². The fourth-order valence-electron chi connectivity index (χ4n) is 1.72. The smallest absolute Gasteiger partial charge is 0.315 e. The molecule has 23 heavy (non-hydrogen) atoms. The summed E-state index contributed by atoms with van der Waals surface area (Å²) < 4.78 is 5.15. The van der Waals surface area contributed by atoms with Crippen LogP contribution in [0.2, 0.25) is 0 Å². The maximum Gasteiger partial charge on any atom is 0.315 e. The summed E-state index contributed by atoms with van der Waals surface area (Å²) in [5, 5.41) is 26.2. The number of ether oxygens (including phenoxy) is 1. The van der Waals surface area contributed by atoms with Gasteiger partial charge < -0.3 is 9.84 Å². The zero-order chi connectivity index (χ0) is 16.8. The Morgan fingerprint density at radius 3 is 2.96 bits per heavy atom. The Morgan fingerprint density at radius 2 is 2.35 bits per heavy atom. The number of carbonyl (C=O) groups excluding carboxylic acids is 1. The average Bonchev–Trinajstić information content (AvgIpc) is 3.04. The van der Waals surface area contributed by atoms with Crippen LogP contribution in [-0.2, 0) is 0 Å². The van der Waals surface area contributed by atoms with Crippen molar-refractivity contribution >= 4 is 29.1 Å². The first-order chi connectivity index (χ1) is 11.0. The predicted octanol–water partition coefficient (Wildman–Crippen LogP) is 2.52. The number of hydrazone groups is 1. The zero-order valence-corrected chi connectivity index (χ0v) is 12.9.